The van der Waals surface area contributed by atoms with E-state index in [-0.39, 0.29) is 36.7 Å². The van der Waals surface area contributed by atoms with E-state index < -0.39 is 0 Å². The second kappa shape index (κ2) is 6.89. The molecule has 1 aliphatic rings. The van der Waals surface area contributed by atoms with Gasteiger partial charge >= 0.3 is 0 Å². The van der Waals surface area contributed by atoms with E-state index >= 15 is 0 Å². The summed E-state index contributed by atoms with van der Waals surface area (Å²) in [7, 11) is 1.55. The standard InChI is InChI=1S/C10H13FN2O.2ClH/c1-14-10-8(5-7(11)6-13-10)9-3-2-4-12-9;;/h5-6,9,12H,2-4H2,1H3;2*1H/t9-;;/m0../s1. The van der Waals surface area contributed by atoms with E-state index in [4.69, 9.17) is 4.74 Å². The summed E-state index contributed by atoms with van der Waals surface area (Å²) in [6.07, 6.45) is 3.31. The van der Waals surface area contributed by atoms with Crippen LogP contribution in [0.15, 0.2) is 12.3 Å². The highest BCUT2D eigenvalue weighted by atomic mass is 35.5. The topological polar surface area (TPSA) is 34.1 Å². The van der Waals surface area contributed by atoms with Crippen LogP contribution in [0.2, 0.25) is 0 Å². The van der Waals surface area contributed by atoms with Crippen molar-refractivity contribution in [1.82, 2.24) is 10.3 Å². The van der Waals surface area contributed by atoms with Crippen LogP contribution >= 0.6 is 24.8 Å². The first-order valence-corrected chi connectivity index (χ1v) is 4.74. The summed E-state index contributed by atoms with van der Waals surface area (Å²) in [4.78, 5) is 3.90. The maximum absolute atomic E-state index is 13.0. The Bertz CT molecular complexity index is 333. The van der Waals surface area contributed by atoms with Crippen molar-refractivity contribution in [3.63, 3.8) is 0 Å². The average molecular weight is 269 g/mol. The number of aromatic nitrogens is 1. The fourth-order valence-electron chi connectivity index (χ4n) is 1.81. The zero-order valence-electron chi connectivity index (χ0n) is 8.90. The van der Waals surface area contributed by atoms with Crippen molar-refractivity contribution < 1.29 is 9.13 Å². The molecule has 1 N–H and O–H groups in total. The van der Waals surface area contributed by atoms with E-state index in [2.05, 4.69) is 10.3 Å². The molecule has 2 heterocycles. The van der Waals surface area contributed by atoms with Gasteiger partial charge in [0.2, 0.25) is 5.88 Å². The van der Waals surface area contributed by atoms with Gasteiger partial charge in [-0.3, -0.25) is 0 Å². The lowest BCUT2D eigenvalue weighted by molar-refractivity contribution is 0.383. The number of nitrogens with zero attached hydrogens (tertiary/aromatic N) is 1. The minimum absolute atomic E-state index is 0. The molecule has 3 nitrogen and oxygen atoms in total. The lowest BCUT2D eigenvalue weighted by Crippen LogP contribution is -2.14. The highest BCUT2D eigenvalue weighted by Gasteiger charge is 2.21. The Hall–Kier alpha value is -0.580. The molecule has 6 heteroatoms. The van der Waals surface area contributed by atoms with Crippen LogP contribution < -0.4 is 10.1 Å². The summed E-state index contributed by atoms with van der Waals surface area (Å²) in [5, 5.41) is 3.29. The van der Waals surface area contributed by atoms with Gasteiger partial charge in [0.15, 0.2) is 0 Å². The van der Waals surface area contributed by atoms with Crippen molar-refractivity contribution in [1.29, 1.82) is 0 Å². The predicted molar refractivity (Wildman–Crippen MR) is 65.2 cm³/mol. The van der Waals surface area contributed by atoms with Crippen LogP contribution in [-0.4, -0.2) is 18.6 Å². The molecule has 92 valence electrons. The summed E-state index contributed by atoms with van der Waals surface area (Å²) >= 11 is 0. The van der Waals surface area contributed by atoms with E-state index in [1.54, 1.807) is 7.11 Å². The molecule has 0 unspecified atom stereocenters. The molecule has 0 aliphatic carbocycles. The van der Waals surface area contributed by atoms with Crippen molar-refractivity contribution in [2.45, 2.75) is 18.9 Å². The lowest BCUT2D eigenvalue weighted by Gasteiger charge is -2.13. The SMILES string of the molecule is COc1ncc(F)cc1[C@@H]1CCCN1.Cl.Cl. The molecule has 0 saturated carbocycles. The predicted octanol–water partition coefficient (Wildman–Crippen LogP) is 2.50. The summed E-state index contributed by atoms with van der Waals surface area (Å²) in [6.45, 7) is 0.977. The molecule has 0 bridgehead atoms. The van der Waals surface area contributed by atoms with Crippen molar-refractivity contribution in [3.8, 4) is 5.88 Å². The zero-order chi connectivity index (χ0) is 9.97. The number of halogens is 3. The monoisotopic (exact) mass is 268 g/mol. The van der Waals surface area contributed by atoms with Gasteiger partial charge in [0.25, 0.3) is 0 Å². The Kier molecular flexibility index (Phi) is 6.64. The smallest absolute Gasteiger partial charge is 0.218 e. The van der Waals surface area contributed by atoms with Crippen LogP contribution in [0.3, 0.4) is 0 Å². The quantitative estimate of drug-likeness (QED) is 0.895. The number of hydrogen-bond donors (Lipinski definition) is 1. The second-order valence-corrected chi connectivity index (χ2v) is 3.40. The minimum Gasteiger partial charge on any atom is -0.481 e. The van der Waals surface area contributed by atoms with E-state index in [0.29, 0.717) is 5.88 Å². The summed E-state index contributed by atoms with van der Waals surface area (Å²) in [5.74, 6) is 0.209. The van der Waals surface area contributed by atoms with Crippen LogP contribution in [0.1, 0.15) is 24.4 Å². The first-order chi connectivity index (χ1) is 6.81. The molecule has 0 spiro atoms. The van der Waals surface area contributed by atoms with Gasteiger partial charge in [-0.25, -0.2) is 9.37 Å². The molecule has 1 atom stereocenters. The van der Waals surface area contributed by atoms with Crippen LogP contribution in [0.25, 0.3) is 0 Å². The first-order valence-electron chi connectivity index (χ1n) is 4.74. The fraction of sp³-hybridized carbons (Fsp3) is 0.500. The fourth-order valence-corrected chi connectivity index (χ4v) is 1.81. The Morgan fingerprint density at radius 1 is 1.50 bits per heavy atom. The molecule has 16 heavy (non-hydrogen) atoms. The van der Waals surface area contributed by atoms with Crippen LogP contribution in [-0.2, 0) is 0 Å². The summed E-state index contributed by atoms with van der Waals surface area (Å²) in [5.41, 5.74) is 0.824. The second-order valence-electron chi connectivity index (χ2n) is 3.40. The lowest BCUT2D eigenvalue weighted by atomic mass is 10.1. The molecule has 0 amide bonds. The van der Waals surface area contributed by atoms with Gasteiger partial charge in [-0.05, 0) is 25.5 Å². The third-order valence-electron chi connectivity index (χ3n) is 2.47. The number of rotatable bonds is 2. The molecule has 1 fully saturated rings. The molecule has 1 saturated heterocycles. The van der Waals surface area contributed by atoms with Gasteiger partial charge in [-0.2, -0.15) is 0 Å². The van der Waals surface area contributed by atoms with E-state index in [1.807, 2.05) is 0 Å². The van der Waals surface area contributed by atoms with Gasteiger partial charge in [0, 0.05) is 11.6 Å². The molecule has 1 aromatic rings. The van der Waals surface area contributed by atoms with Gasteiger partial charge in [-0.15, -0.1) is 24.8 Å². The van der Waals surface area contributed by atoms with Crippen LogP contribution in [0.4, 0.5) is 4.39 Å². The molecular formula is C10H15Cl2FN2O. The number of ether oxygens (including phenoxy) is 1. The first kappa shape index (κ1) is 15.4. The number of pyridine rings is 1. The molecule has 0 radical (unpaired) electrons. The van der Waals surface area contributed by atoms with Gasteiger partial charge in [0.05, 0.1) is 13.3 Å². The van der Waals surface area contributed by atoms with Gasteiger partial charge in [0.1, 0.15) is 5.82 Å². The maximum atomic E-state index is 13.0. The van der Waals surface area contributed by atoms with Crippen molar-refractivity contribution in [3.05, 3.63) is 23.6 Å². The number of nitrogens with one attached hydrogen (secondary N) is 1. The highest BCUT2D eigenvalue weighted by molar-refractivity contribution is 5.85. The Morgan fingerprint density at radius 3 is 2.81 bits per heavy atom. The Labute approximate surface area is 107 Å². The summed E-state index contributed by atoms with van der Waals surface area (Å²) in [6, 6.07) is 1.68. The van der Waals surface area contributed by atoms with Crippen molar-refractivity contribution in [2.75, 3.05) is 13.7 Å². The minimum atomic E-state index is -0.311. The van der Waals surface area contributed by atoms with Gasteiger partial charge in [-0.1, -0.05) is 0 Å². The Morgan fingerprint density at radius 2 is 2.25 bits per heavy atom. The van der Waals surface area contributed by atoms with E-state index in [9.17, 15) is 4.39 Å². The van der Waals surface area contributed by atoms with Gasteiger partial charge < -0.3 is 10.1 Å². The average Bonchev–Trinajstić information content (AvgIpc) is 2.70. The van der Waals surface area contributed by atoms with Crippen LogP contribution in [0, 0.1) is 5.82 Å². The summed E-state index contributed by atoms with van der Waals surface area (Å²) < 4.78 is 18.1. The van der Waals surface area contributed by atoms with Crippen LogP contribution in [0.5, 0.6) is 5.88 Å². The Balaban J connectivity index is 0.00000112. The molecule has 2 rings (SSSR count). The maximum Gasteiger partial charge on any atom is 0.218 e. The van der Waals surface area contributed by atoms with Crippen molar-refractivity contribution in [2.24, 2.45) is 0 Å². The number of methoxy groups -OCH3 is 1. The normalized spacial score (nSPS) is 18.5. The molecule has 0 aromatic carbocycles. The van der Waals surface area contributed by atoms with E-state index in [1.165, 1.54) is 12.3 Å². The van der Waals surface area contributed by atoms with Crippen molar-refractivity contribution >= 4 is 24.8 Å². The molecule has 1 aliphatic heterocycles. The largest absolute Gasteiger partial charge is 0.481 e. The molecular weight excluding hydrogens is 254 g/mol. The number of hydrogen-bond acceptors (Lipinski definition) is 3. The zero-order valence-corrected chi connectivity index (χ0v) is 10.5. The molecule has 1 aromatic heterocycles. The third-order valence-corrected chi connectivity index (χ3v) is 2.47. The van der Waals surface area contributed by atoms with E-state index in [0.717, 1.165) is 24.9 Å². The highest BCUT2D eigenvalue weighted by Crippen LogP contribution is 2.29. The third kappa shape index (κ3) is 3.20.